The van der Waals surface area contributed by atoms with E-state index in [0.29, 0.717) is 22.2 Å². The Morgan fingerprint density at radius 3 is 2.71 bits per heavy atom. The predicted octanol–water partition coefficient (Wildman–Crippen LogP) is 3.83. The molecule has 90 valence electrons. The molecule has 0 aliphatic rings. The third-order valence-corrected chi connectivity index (χ3v) is 3.43. The van der Waals surface area contributed by atoms with Gasteiger partial charge in [0.1, 0.15) is 11.4 Å². The van der Waals surface area contributed by atoms with Crippen LogP contribution in [-0.2, 0) is 5.60 Å². The average molecular weight is 299 g/mol. The molecule has 1 heterocycles. The lowest BCUT2D eigenvalue weighted by Gasteiger charge is -2.25. The Balaban J connectivity index is 2.55. The minimum absolute atomic E-state index is 0.378. The first-order valence-corrected chi connectivity index (χ1v) is 6.09. The van der Waals surface area contributed by atoms with E-state index in [9.17, 15) is 9.50 Å². The highest BCUT2D eigenvalue weighted by Gasteiger charge is 2.34. The summed E-state index contributed by atoms with van der Waals surface area (Å²) in [6.07, 6.45) is 1.88. The molecule has 0 fully saturated rings. The third-order valence-electron chi connectivity index (χ3n) is 2.81. The fourth-order valence-corrected chi connectivity index (χ4v) is 2.36. The van der Waals surface area contributed by atoms with E-state index in [1.807, 2.05) is 6.92 Å². The highest BCUT2D eigenvalue weighted by atomic mass is 79.9. The summed E-state index contributed by atoms with van der Waals surface area (Å²) in [6, 6.07) is 7.62. The van der Waals surface area contributed by atoms with E-state index in [4.69, 9.17) is 4.42 Å². The second-order valence-electron chi connectivity index (χ2n) is 3.82. The zero-order valence-corrected chi connectivity index (χ0v) is 10.9. The highest BCUT2D eigenvalue weighted by molar-refractivity contribution is 9.10. The Bertz CT molecular complexity index is 524. The van der Waals surface area contributed by atoms with E-state index < -0.39 is 5.60 Å². The minimum atomic E-state index is -1.32. The maximum Gasteiger partial charge on any atom is 0.154 e. The van der Waals surface area contributed by atoms with Gasteiger partial charge in [0.25, 0.3) is 0 Å². The van der Waals surface area contributed by atoms with Crippen LogP contribution in [0.25, 0.3) is 0 Å². The van der Waals surface area contributed by atoms with Gasteiger partial charge in [-0.05, 0) is 46.1 Å². The van der Waals surface area contributed by atoms with Crippen molar-refractivity contribution in [3.05, 3.63) is 58.2 Å². The SMILES string of the molecule is CCC(O)(c1cccc(F)c1)c1occc1Br. The van der Waals surface area contributed by atoms with Gasteiger partial charge in [-0.1, -0.05) is 19.1 Å². The van der Waals surface area contributed by atoms with Gasteiger partial charge in [-0.3, -0.25) is 0 Å². The van der Waals surface area contributed by atoms with Gasteiger partial charge in [0, 0.05) is 0 Å². The summed E-state index contributed by atoms with van der Waals surface area (Å²) in [6.45, 7) is 1.82. The first-order chi connectivity index (χ1) is 8.08. The molecule has 0 aliphatic heterocycles. The van der Waals surface area contributed by atoms with Crippen LogP contribution in [0, 0.1) is 5.82 Å². The molecule has 2 nitrogen and oxygen atoms in total. The molecule has 0 aliphatic carbocycles. The summed E-state index contributed by atoms with van der Waals surface area (Å²) in [5.41, 5.74) is -0.833. The fraction of sp³-hybridized carbons (Fsp3) is 0.231. The molecule has 1 atom stereocenters. The van der Waals surface area contributed by atoms with Crippen molar-refractivity contribution in [1.82, 2.24) is 0 Å². The Labute approximate surface area is 107 Å². The van der Waals surface area contributed by atoms with Gasteiger partial charge in [-0.25, -0.2) is 4.39 Å². The first-order valence-electron chi connectivity index (χ1n) is 5.30. The Kier molecular flexibility index (Phi) is 3.35. The van der Waals surface area contributed by atoms with Crippen LogP contribution >= 0.6 is 15.9 Å². The zero-order valence-electron chi connectivity index (χ0n) is 9.28. The van der Waals surface area contributed by atoms with Crippen molar-refractivity contribution < 1.29 is 13.9 Å². The van der Waals surface area contributed by atoms with Crippen molar-refractivity contribution in [2.45, 2.75) is 18.9 Å². The van der Waals surface area contributed by atoms with Gasteiger partial charge in [0.15, 0.2) is 5.76 Å². The molecule has 0 amide bonds. The summed E-state index contributed by atoms with van der Waals surface area (Å²) >= 11 is 3.31. The maximum atomic E-state index is 13.2. The molecule has 0 radical (unpaired) electrons. The molecule has 0 spiro atoms. The fourth-order valence-electron chi connectivity index (χ4n) is 1.83. The van der Waals surface area contributed by atoms with Crippen molar-refractivity contribution in [2.75, 3.05) is 0 Å². The Hall–Kier alpha value is -1.13. The predicted molar refractivity (Wildman–Crippen MR) is 66.1 cm³/mol. The van der Waals surface area contributed by atoms with Gasteiger partial charge in [-0.15, -0.1) is 0 Å². The van der Waals surface area contributed by atoms with E-state index in [-0.39, 0.29) is 5.82 Å². The normalized spacial score (nSPS) is 14.6. The largest absolute Gasteiger partial charge is 0.465 e. The van der Waals surface area contributed by atoms with Crippen molar-refractivity contribution in [3.8, 4) is 0 Å². The minimum Gasteiger partial charge on any atom is -0.465 e. The van der Waals surface area contributed by atoms with Crippen LogP contribution in [0.5, 0.6) is 0 Å². The van der Waals surface area contributed by atoms with Gasteiger partial charge in [-0.2, -0.15) is 0 Å². The van der Waals surface area contributed by atoms with Crippen LogP contribution in [0.4, 0.5) is 4.39 Å². The van der Waals surface area contributed by atoms with E-state index in [1.54, 1.807) is 18.2 Å². The molecule has 2 aromatic rings. The lowest BCUT2D eigenvalue weighted by atomic mass is 9.88. The van der Waals surface area contributed by atoms with Crippen molar-refractivity contribution in [1.29, 1.82) is 0 Å². The maximum absolute atomic E-state index is 13.2. The molecular weight excluding hydrogens is 287 g/mol. The summed E-state index contributed by atoms with van der Waals surface area (Å²) in [4.78, 5) is 0. The number of hydrogen-bond donors (Lipinski definition) is 1. The quantitative estimate of drug-likeness (QED) is 0.934. The number of hydrogen-bond acceptors (Lipinski definition) is 2. The number of benzene rings is 1. The van der Waals surface area contributed by atoms with Crippen LogP contribution in [-0.4, -0.2) is 5.11 Å². The summed E-state index contributed by atoms with van der Waals surface area (Å²) < 4.78 is 19.2. The molecule has 0 saturated carbocycles. The molecule has 1 N–H and O–H groups in total. The van der Waals surface area contributed by atoms with Crippen molar-refractivity contribution >= 4 is 15.9 Å². The summed E-state index contributed by atoms with van der Waals surface area (Å²) in [5, 5.41) is 10.7. The topological polar surface area (TPSA) is 33.4 Å². The van der Waals surface area contributed by atoms with Gasteiger partial charge in [0.05, 0.1) is 10.7 Å². The smallest absolute Gasteiger partial charge is 0.154 e. The monoisotopic (exact) mass is 298 g/mol. The average Bonchev–Trinajstić information content (AvgIpc) is 2.75. The van der Waals surface area contributed by atoms with Gasteiger partial charge in [0.2, 0.25) is 0 Å². The van der Waals surface area contributed by atoms with Gasteiger partial charge < -0.3 is 9.52 Å². The number of aliphatic hydroxyl groups is 1. The molecule has 2 rings (SSSR count). The van der Waals surface area contributed by atoms with Crippen LogP contribution in [0.15, 0.2) is 45.5 Å². The Morgan fingerprint density at radius 2 is 2.18 bits per heavy atom. The van der Waals surface area contributed by atoms with E-state index >= 15 is 0 Å². The molecule has 1 unspecified atom stereocenters. The molecule has 0 bridgehead atoms. The van der Waals surface area contributed by atoms with Crippen LogP contribution in [0.3, 0.4) is 0 Å². The molecule has 1 aromatic carbocycles. The third kappa shape index (κ3) is 2.15. The zero-order chi connectivity index (χ0) is 12.5. The second kappa shape index (κ2) is 4.63. The number of furan rings is 1. The first kappa shape index (κ1) is 12.3. The molecule has 17 heavy (non-hydrogen) atoms. The van der Waals surface area contributed by atoms with E-state index in [0.717, 1.165) is 0 Å². The molecule has 1 aromatic heterocycles. The van der Waals surface area contributed by atoms with Crippen molar-refractivity contribution in [3.63, 3.8) is 0 Å². The van der Waals surface area contributed by atoms with Gasteiger partial charge >= 0.3 is 0 Å². The van der Waals surface area contributed by atoms with Crippen LogP contribution < -0.4 is 0 Å². The lowest BCUT2D eigenvalue weighted by molar-refractivity contribution is 0.0515. The highest BCUT2D eigenvalue weighted by Crippen LogP contribution is 2.37. The summed E-state index contributed by atoms with van der Waals surface area (Å²) in [7, 11) is 0. The summed E-state index contributed by atoms with van der Waals surface area (Å²) in [5.74, 6) is 0.0163. The molecule has 4 heteroatoms. The van der Waals surface area contributed by atoms with Crippen molar-refractivity contribution in [2.24, 2.45) is 0 Å². The lowest BCUT2D eigenvalue weighted by Crippen LogP contribution is -2.26. The number of halogens is 2. The molecular formula is C13H12BrFO2. The van der Waals surface area contributed by atoms with E-state index in [2.05, 4.69) is 15.9 Å². The Morgan fingerprint density at radius 1 is 1.41 bits per heavy atom. The standard InChI is InChI=1S/C13H12BrFO2/c1-2-13(16,12-11(14)6-7-17-12)9-4-3-5-10(15)8-9/h3-8,16H,2H2,1H3. The van der Waals surface area contributed by atoms with E-state index in [1.165, 1.54) is 18.4 Å². The van der Waals surface area contributed by atoms with Crippen LogP contribution in [0.1, 0.15) is 24.7 Å². The van der Waals surface area contributed by atoms with Crippen LogP contribution in [0.2, 0.25) is 0 Å². The molecule has 0 saturated heterocycles. The number of rotatable bonds is 3. The second-order valence-corrected chi connectivity index (χ2v) is 4.68.